The Kier molecular flexibility index (Phi) is 3.04. The summed E-state index contributed by atoms with van der Waals surface area (Å²) in [6.07, 6.45) is 4.86. The molecule has 0 saturated heterocycles. The fourth-order valence-corrected chi connectivity index (χ4v) is 2.64. The monoisotopic (exact) mass is 239 g/mol. The topological polar surface area (TPSA) is 60.2 Å². The molecule has 1 aliphatic carbocycles. The highest BCUT2D eigenvalue weighted by Gasteiger charge is 2.25. The number of rotatable bonds is 3. The van der Waals surface area contributed by atoms with Crippen molar-refractivity contribution in [2.75, 3.05) is 6.26 Å². The first-order valence-corrected chi connectivity index (χ1v) is 7.43. The molecule has 1 saturated carbocycles. The second-order valence-electron chi connectivity index (χ2n) is 4.56. The Balaban J connectivity index is 2.18. The normalized spacial score (nSPS) is 19.1. The molecule has 0 amide bonds. The van der Waals surface area contributed by atoms with Crippen LogP contribution in [-0.2, 0) is 9.84 Å². The molecule has 0 heterocycles. The van der Waals surface area contributed by atoms with Crippen molar-refractivity contribution in [2.24, 2.45) is 11.7 Å². The van der Waals surface area contributed by atoms with Gasteiger partial charge in [0.2, 0.25) is 0 Å². The predicted octanol–water partition coefficient (Wildman–Crippen LogP) is 1.89. The molecule has 0 aromatic heterocycles. The van der Waals surface area contributed by atoms with Gasteiger partial charge in [0.25, 0.3) is 0 Å². The quantitative estimate of drug-likeness (QED) is 0.876. The average Bonchev–Trinajstić information content (AvgIpc) is 2.14. The van der Waals surface area contributed by atoms with Crippen molar-refractivity contribution < 1.29 is 8.42 Å². The van der Waals surface area contributed by atoms with Crippen molar-refractivity contribution in [1.29, 1.82) is 0 Å². The summed E-state index contributed by atoms with van der Waals surface area (Å²) in [5, 5.41) is 0. The van der Waals surface area contributed by atoms with Gasteiger partial charge in [0.15, 0.2) is 9.84 Å². The standard InChI is InChI=1S/C12H17NO2S/c1-16(14,15)11-7-5-10(6-8-11)12(13)9-3-2-4-9/h5-9,12H,2-4,13H2,1H3/t12-/m1/s1. The predicted molar refractivity (Wildman–Crippen MR) is 63.8 cm³/mol. The molecular formula is C12H17NO2S. The summed E-state index contributed by atoms with van der Waals surface area (Å²) in [4.78, 5) is 0.358. The average molecular weight is 239 g/mol. The van der Waals surface area contributed by atoms with Gasteiger partial charge in [-0.05, 0) is 36.5 Å². The van der Waals surface area contributed by atoms with Gasteiger partial charge < -0.3 is 5.73 Å². The largest absolute Gasteiger partial charge is 0.324 e. The Labute approximate surface area is 96.6 Å². The highest BCUT2D eigenvalue weighted by atomic mass is 32.2. The van der Waals surface area contributed by atoms with Crippen molar-refractivity contribution in [1.82, 2.24) is 0 Å². The van der Waals surface area contributed by atoms with Crippen LogP contribution in [0.2, 0.25) is 0 Å². The van der Waals surface area contributed by atoms with E-state index >= 15 is 0 Å². The van der Waals surface area contributed by atoms with Crippen LogP contribution in [0.25, 0.3) is 0 Å². The van der Waals surface area contributed by atoms with E-state index in [9.17, 15) is 8.42 Å². The van der Waals surface area contributed by atoms with Crippen molar-refractivity contribution in [2.45, 2.75) is 30.2 Å². The summed E-state index contributed by atoms with van der Waals surface area (Å²) in [6.45, 7) is 0. The molecule has 0 aliphatic heterocycles. The smallest absolute Gasteiger partial charge is 0.175 e. The van der Waals surface area contributed by atoms with E-state index < -0.39 is 9.84 Å². The second-order valence-corrected chi connectivity index (χ2v) is 6.57. The molecule has 1 atom stereocenters. The van der Waals surface area contributed by atoms with Crippen LogP contribution in [-0.4, -0.2) is 14.7 Å². The zero-order valence-corrected chi connectivity index (χ0v) is 10.2. The van der Waals surface area contributed by atoms with E-state index in [4.69, 9.17) is 5.73 Å². The van der Waals surface area contributed by atoms with Crippen LogP contribution in [0, 0.1) is 5.92 Å². The lowest BCUT2D eigenvalue weighted by molar-refractivity contribution is 0.264. The van der Waals surface area contributed by atoms with Crippen LogP contribution in [0.4, 0.5) is 0 Å². The maximum absolute atomic E-state index is 11.3. The highest BCUT2D eigenvalue weighted by Crippen LogP contribution is 2.36. The van der Waals surface area contributed by atoms with E-state index in [2.05, 4.69) is 0 Å². The van der Waals surface area contributed by atoms with Crippen LogP contribution in [0.15, 0.2) is 29.2 Å². The van der Waals surface area contributed by atoms with Crippen LogP contribution >= 0.6 is 0 Å². The molecule has 0 bridgehead atoms. The lowest BCUT2D eigenvalue weighted by Gasteiger charge is -2.31. The molecular weight excluding hydrogens is 222 g/mol. The molecule has 1 fully saturated rings. The van der Waals surface area contributed by atoms with Crippen molar-refractivity contribution >= 4 is 9.84 Å². The molecule has 0 spiro atoms. The van der Waals surface area contributed by atoms with Gasteiger partial charge in [-0.25, -0.2) is 8.42 Å². The van der Waals surface area contributed by atoms with Crippen molar-refractivity contribution in [3.63, 3.8) is 0 Å². The lowest BCUT2D eigenvalue weighted by atomic mass is 9.78. The first kappa shape index (κ1) is 11.6. The van der Waals surface area contributed by atoms with E-state index in [1.165, 1.54) is 25.5 Å². The number of nitrogens with two attached hydrogens (primary N) is 1. The molecule has 0 unspecified atom stereocenters. The molecule has 88 valence electrons. The Bertz CT molecular complexity index is 460. The van der Waals surface area contributed by atoms with E-state index in [1.54, 1.807) is 12.1 Å². The summed E-state index contributed by atoms with van der Waals surface area (Å²) >= 11 is 0. The van der Waals surface area contributed by atoms with Gasteiger partial charge in [0.1, 0.15) is 0 Å². The summed E-state index contributed by atoms with van der Waals surface area (Å²) in [6, 6.07) is 7.01. The minimum Gasteiger partial charge on any atom is -0.324 e. The molecule has 3 nitrogen and oxygen atoms in total. The summed E-state index contributed by atoms with van der Waals surface area (Å²) in [5.41, 5.74) is 7.15. The number of hydrogen-bond donors (Lipinski definition) is 1. The van der Waals surface area contributed by atoms with Gasteiger partial charge in [-0.15, -0.1) is 0 Å². The van der Waals surface area contributed by atoms with Crippen molar-refractivity contribution in [3.8, 4) is 0 Å². The van der Waals surface area contributed by atoms with Gasteiger partial charge >= 0.3 is 0 Å². The fraction of sp³-hybridized carbons (Fsp3) is 0.500. The molecule has 1 aromatic rings. The fourth-order valence-electron chi connectivity index (χ4n) is 2.01. The van der Waals surface area contributed by atoms with Crippen LogP contribution in [0.1, 0.15) is 30.9 Å². The van der Waals surface area contributed by atoms with Crippen LogP contribution < -0.4 is 5.73 Å². The van der Waals surface area contributed by atoms with Gasteiger partial charge in [-0.3, -0.25) is 0 Å². The first-order chi connectivity index (χ1) is 7.48. The van der Waals surface area contributed by atoms with Gasteiger partial charge in [0, 0.05) is 12.3 Å². The third kappa shape index (κ3) is 2.28. The Morgan fingerprint density at radius 3 is 2.19 bits per heavy atom. The van der Waals surface area contributed by atoms with E-state index in [0.717, 1.165) is 5.56 Å². The Hall–Kier alpha value is -0.870. The zero-order valence-electron chi connectivity index (χ0n) is 9.39. The molecule has 16 heavy (non-hydrogen) atoms. The van der Waals surface area contributed by atoms with E-state index in [1.807, 2.05) is 12.1 Å². The molecule has 2 N–H and O–H groups in total. The summed E-state index contributed by atoms with van der Waals surface area (Å²) < 4.78 is 22.6. The van der Waals surface area contributed by atoms with Gasteiger partial charge in [-0.2, -0.15) is 0 Å². The first-order valence-electron chi connectivity index (χ1n) is 5.54. The third-order valence-corrected chi connectivity index (χ3v) is 4.48. The highest BCUT2D eigenvalue weighted by molar-refractivity contribution is 7.90. The van der Waals surface area contributed by atoms with Crippen LogP contribution in [0.5, 0.6) is 0 Å². The summed E-state index contributed by atoms with van der Waals surface area (Å²) in [5.74, 6) is 0.573. The van der Waals surface area contributed by atoms with E-state index in [-0.39, 0.29) is 6.04 Å². The zero-order chi connectivity index (χ0) is 11.8. The third-order valence-electron chi connectivity index (χ3n) is 3.35. The minimum absolute atomic E-state index is 0.0577. The molecule has 1 aromatic carbocycles. The minimum atomic E-state index is -3.10. The lowest BCUT2D eigenvalue weighted by Crippen LogP contribution is -2.26. The number of benzene rings is 1. The molecule has 0 radical (unpaired) electrons. The SMILES string of the molecule is CS(=O)(=O)c1ccc([C@H](N)C2CCC2)cc1. The van der Waals surface area contributed by atoms with Crippen LogP contribution in [0.3, 0.4) is 0 Å². The molecule has 2 rings (SSSR count). The van der Waals surface area contributed by atoms with E-state index in [0.29, 0.717) is 10.8 Å². The summed E-state index contributed by atoms with van der Waals surface area (Å²) in [7, 11) is -3.10. The maximum atomic E-state index is 11.3. The maximum Gasteiger partial charge on any atom is 0.175 e. The Morgan fingerprint density at radius 2 is 1.81 bits per heavy atom. The number of sulfone groups is 1. The molecule has 4 heteroatoms. The number of hydrogen-bond acceptors (Lipinski definition) is 3. The molecule has 1 aliphatic rings. The van der Waals surface area contributed by atoms with Gasteiger partial charge in [-0.1, -0.05) is 18.6 Å². The van der Waals surface area contributed by atoms with Gasteiger partial charge in [0.05, 0.1) is 4.90 Å². The second kappa shape index (κ2) is 4.18. The van der Waals surface area contributed by atoms with Crippen molar-refractivity contribution in [3.05, 3.63) is 29.8 Å². The Morgan fingerprint density at radius 1 is 1.25 bits per heavy atom.